The summed E-state index contributed by atoms with van der Waals surface area (Å²) in [4.78, 5) is 9.80. The second kappa shape index (κ2) is 3.07. The predicted molar refractivity (Wildman–Crippen MR) is 24.5 cm³/mol. The third kappa shape index (κ3) is 2.12. The first-order chi connectivity index (χ1) is 2.81. The molecule has 0 saturated heterocycles. The Hall–Kier alpha value is -0.140. The molecule has 3 nitrogen and oxygen atoms in total. The number of amides is 1. The van der Waals surface area contributed by atoms with Crippen LogP contribution in [-0.4, -0.2) is 17.3 Å². The van der Waals surface area contributed by atoms with E-state index in [2.05, 4.69) is 9.24 Å². The van der Waals surface area contributed by atoms with Gasteiger partial charge in [-0.1, -0.05) is 0 Å². The van der Waals surface area contributed by atoms with Crippen molar-refractivity contribution in [2.24, 2.45) is 0 Å². The third-order valence-electron chi connectivity index (χ3n) is 0.310. The molecular formula is C2H6NO2P. The number of hydrogen-bond acceptors (Lipinski definition) is 2. The lowest BCUT2D eigenvalue weighted by molar-refractivity contribution is -0.126. The van der Waals surface area contributed by atoms with Crippen molar-refractivity contribution in [2.45, 2.75) is 0 Å². The van der Waals surface area contributed by atoms with Gasteiger partial charge in [0.25, 0.3) is 0 Å². The molecule has 0 fully saturated rings. The Kier molecular flexibility index (Phi) is 2.99. The molecule has 1 amide bonds. The summed E-state index contributed by atoms with van der Waals surface area (Å²) in [5, 5.41) is 7.72. The first-order valence-corrected chi connectivity index (χ1v) is 2.26. The first-order valence-electron chi connectivity index (χ1n) is 1.44. The minimum atomic E-state index is -0.389. The van der Waals surface area contributed by atoms with E-state index in [4.69, 9.17) is 5.21 Å². The van der Waals surface area contributed by atoms with Gasteiger partial charge in [0.1, 0.15) is 0 Å². The number of hydroxylamine groups is 1. The van der Waals surface area contributed by atoms with E-state index >= 15 is 0 Å². The standard InChI is InChI=1S/C2H6NO2P/c4-2(1-6)3-5/h5H,1,6H2,(H,3,4). The quantitative estimate of drug-likeness (QED) is 0.266. The van der Waals surface area contributed by atoms with Gasteiger partial charge in [0, 0.05) is 6.16 Å². The Morgan fingerprint density at radius 3 is 2.50 bits per heavy atom. The molecule has 0 aromatic carbocycles. The molecule has 2 N–H and O–H groups in total. The SMILES string of the molecule is O=C(CP)NO. The summed E-state index contributed by atoms with van der Waals surface area (Å²) in [6.07, 6.45) is 0.247. The van der Waals surface area contributed by atoms with Crippen molar-refractivity contribution in [2.75, 3.05) is 6.16 Å². The van der Waals surface area contributed by atoms with Crippen molar-refractivity contribution < 1.29 is 10.0 Å². The van der Waals surface area contributed by atoms with E-state index in [1.165, 1.54) is 5.48 Å². The van der Waals surface area contributed by atoms with Gasteiger partial charge in [-0.15, -0.1) is 9.24 Å². The number of rotatable bonds is 1. The highest BCUT2D eigenvalue weighted by atomic mass is 31.0. The van der Waals surface area contributed by atoms with E-state index in [1.54, 1.807) is 0 Å². The van der Waals surface area contributed by atoms with Gasteiger partial charge in [0.05, 0.1) is 0 Å². The molecule has 36 valence electrons. The van der Waals surface area contributed by atoms with E-state index in [1.807, 2.05) is 0 Å². The second-order valence-electron chi connectivity index (χ2n) is 0.739. The van der Waals surface area contributed by atoms with Gasteiger partial charge in [0.15, 0.2) is 0 Å². The summed E-state index contributed by atoms with van der Waals surface area (Å²) >= 11 is 0. The van der Waals surface area contributed by atoms with Crippen LogP contribution in [0.5, 0.6) is 0 Å². The largest absolute Gasteiger partial charge is 0.289 e. The van der Waals surface area contributed by atoms with Crippen molar-refractivity contribution in [3.63, 3.8) is 0 Å². The van der Waals surface area contributed by atoms with Crippen LogP contribution < -0.4 is 5.48 Å². The van der Waals surface area contributed by atoms with Crippen LogP contribution in [0.25, 0.3) is 0 Å². The summed E-state index contributed by atoms with van der Waals surface area (Å²) in [7, 11) is 2.17. The average molecular weight is 107 g/mol. The maximum absolute atomic E-state index is 9.80. The van der Waals surface area contributed by atoms with Crippen LogP contribution in [0.3, 0.4) is 0 Å². The van der Waals surface area contributed by atoms with Gasteiger partial charge >= 0.3 is 0 Å². The van der Waals surface area contributed by atoms with E-state index < -0.39 is 0 Å². The Balaban J connectivity index is 2.99. The Bertz CT molecular complexity index is 49.5. The maximum Gasteiger partial charge on any atom is 0.247 e. The Morgan fingerprint density at radius 2 is 2.50 bits per heavy atom. The van der Waals surface area contributed by atoms with Crippen LogP contribution in [0.4, 0.5) is 0 Å². The van der Waals surface area contributed by atoms with Crippen LogP contribution in [-0.2, 0) is 4.79 Å². The molecule has 0 aromatic rings. The highest BCUT2D eigenvalue weighted by Crippen LogP contribution is 1.74. The van der Waals surface area contributed by atoms with Gasteiger partial charge in [-0.3, -0.25) is 10.0 Å². The summed E-state index contributed by atoms with van der Waals surface area (Å²) in [6.45, 7) is 0. The molecule has 1 unspecified atom stereocenters. The molecule has 0 spiro atoms. The molecule has 6 heavy (non-hydrogen) atoms. The maximum atomic E-state index is 9.80. The molecule has 1 atom stereocenters. The van der Waals surface area contributed by atoms with Gasteiger partial charge < -0.3 is 0 Å². The minimum Gasteiger partial charge on any atom is -0.289 e. The molecule has 0 heterocycles. The highest BCUT2D eigenvalue weighted by molar-refractivity contribution is 7.18. The topological polar surface area (TPSA) is 49.3 Å². The average Bonchev–Trinajstić information content (AvgIpc) is 1.65. The monoisotopic (exact) mass is 107 g/mol. The van der Waals surface area contributed by atoms with E-state index in [0.717, 1.165) is 0 Å². The Labute approximate surface area is 37.9 Å². The number of nitrogens with one attached hydrogen (secondary N) is 1. The fourth-order valence-electron chi connectivity index (χ4n) is 0.0456. The fourth-order valence-corrected chi connectivity index (χ4v) is 0.137. The zero-order valence-corrected chi connectivity index (χ0v) is 4.29. The molecule has 0 aliphatic carbocycles. The van der Waals surface area contributed by atoms with E-state index in [0.29, 0.717) is 0 Å². The van der Waals surface area contributed by atoms with Crippen LogP contribution >= 0.6 is 9.24 Å². The van der Waals surface area contributed by atoms with Crippen LogP contribution in [0.2, 0.25) is 0 Å². The normalized spacial score (nSPS) is 7.67. The van der Waals surface area contributed by atoms with Crippen molar-refractivity contribution >= 4 is 15.1 Å². The van der Waals surface area contributed by atoms with Gasteiger partial charge in [-0.25, -0.2) is 5.48 Å². The van der Waals surface area contributed by atoms with Gasteiger partial charge in [-0.2, -0.15) is 0 Å². The lowest BCUT2D eigenvalue weighted by Crippen LogP contribution is -2.18. The predicted octanol–water partition coefficient (Wildman–Crippen LogP) is -0.633. The summed E-state index contributed by atoms with van der Waals surface area (Å²) in [5.41, 5.74) is 1.45. The van der Waals surface area contributed by atoms with Crippen LogP contribution in [0.1, 0.15) is 0 Å². The Morgan fingerprint density at radius 1 is 2.00 bits per heavy atom. The van der Waals surface area contributed by atoms with Crippen LogP contribution in [0, 0.1) is 0 Å². The minimum absolute atomic E-state index is 0.247. The lowest BCUT2D eigenvalue weighted by atomic mass is 10.8. The number of carbonyl (C=O) groups excluding carboxylic acids is 1. The van der Waals surface area contributed by atoms with Crippen molar-refractivity contribution in [3.05, 3.63) is 0 Å². The molecule has 0 aliphatic heterocycles. The summed E-state index contributed by atoms with van der Waals surface area (Å²) in [6, 6.07) is 0. The smallest absolute Gasteiger partial charge is 0.247 e. The molecule has 0 saturated carbocycles. The third-order valence-corrected chi connectivity index (χ3v) is 0.681. The summed E-state index contributed by atoms with van der Waals surface area (Å²) in [5.74, 6) is -0.389. The van der Waals surface area contributed by atoms with Crippen LogP contribution in [0.15, 0.2) is 0 Å². The molecule has 4 heteroatoms. The number of carbonyl (C=O) groups is 1. The zero-order chi connectivity index (χ0) is 4.99. The zero-order valence-electron chi connectivity index (χ0n) is 3.14. The molecule has 0 rings (SSSR count). The van der Waals surface area contributed by atoms with Crippen molar-refractivity contribution in [3.8, 4) is 0 Å². The molecule has 0 bridgehead atoms. The van der Waals surface area contributed by atoms with Gasteiger partial charge in [-0.05, 0) is 0 Å². The highest BCUT2D eigenvalue weighted by Gasteiger charge is 1.86. The molecule has 0 aromatic heterocycles. The molecular weight excluding hydrogens is 101 g/mol. The molecule has 0 aliphatic rings. The number of hydrogen-bond donors (Lipinski definition) is 2. The van der Waals surface area contributed by atoms with Gasteiger partial charge in [0.2, 0.25) is 5.91 Å². The lowest BCUT2D eigenvalue weighted by Gasteiger charge is -1.85. The van der Waals surface area contributed by atoms with Crippen molar-refractivity contribution in [1.82, 2.24) is 5.48 Å². The molecule has 0 radical (unpaired) electrons. The summed E-state index contributed by atoms with van der Waals surface area (Å²) < 4.78 is 0. The van der Waals surface area contributed by atoms with E-state index in [-0.39, 0.29) is 12.1 Å². The van der Waals surface area contributed by atoms with E-state index in [9.17, 15) is 4.79 Å². The second-order valence-corrected chi connectivity index (χ2v) is 1.15. The fraction of sp³-hybridized carbons (Fsp3) is 0.500. The van der Waals surface area contributed by atoms with Crippen molar-refractivity contribution in [1.29, 1.82) is 0 Å². The first kappa shape index (κ1) is 5.86.